The maximum atomic E-state index is 6.37. The van der Waals surface area contributed by atoms with E-state index in [0.29, 0.717) is 36.2 Å². The van der Waals surface area contributed by atoms with Crippen molar-refractivity contribution in [3.63, 3.8) is 0 Å². The summed E-state index contributed by atoms with van der Waals surface area (Å²) in [6.45, 7) is 1.81. The first-order valence-electron chi connectivity index (χ1n) is 9.07. The summed E-state index contributed by atoms with van der Waals surface area (Å²) in [5.41, 5.74) is 3.18. The van der Waals surface area contributed by atoms with E-state index in [2.05, 4.69) is 23.5 Å². The smallest absolute Gasteiger partial charge is 0.162 e. The molecule has 0 aromatic heterocycles. The van der Waals surface area contributed by atoms with Crippen molar-refractivity contribution in [1.82, 2.24) is 5.32 Å². The lowest BCUT2D eigenvalue weighted by atomic mass is 10.1. The minimum absolute atomic E-state index is 0.541. The van der Waals surface area contributed by atoms with Crippen LogP contribution in [0.5, 0.6) is 17.2 Å². The van der Waals surface area contributed by atoms with Crippen molar-refractivity contribution in [2.75, 3.05) is 14.2 Å². The fraction of sp³-hybridized carbons (Fsp3) is 0.217. The van der Waals surface area contributed by atoms with Crippen LogP contribution >= 0.6 is 11.6 Å². The number of benzene rings is 3. The van der Waals surface area contributed by atoms with Crippen LogP contribution in [0.25, 0.3) is 0 Å². The highest BCUT2D eigenvalue weighted by Crippen LogP contribution is 2.33. The maximum Gasteiger partial charge on any atom is 0.162 e. The normalized spacial score (nSPS) is 10.5. The fourth-order valence-corrected chi connectivity index (χ4v) is 3.11. The number of halogens is 1. The summed E-state index contributed by atoms with van der Waals surface area (Å²) in [6, 6.07) is 21.8. The molecular weight excluding hydrogens is 374 g/mol. The molecule has 0 saturated heterocycles. The lowest BCUT2D eigenvalue weighted by Crippen LogP contribution is -2.14. The zero-order chi connectivity index (χ0) is 19.8. The highest BCUT2D eigenvalue weighted by molar-refractivity contribution is 6.31. The zero-order valence-electron chi connectivity index (χ0n) is 16.1. The highest BCUT2D eigenvalue weighted by Gasteiger charge is 2.10. The van der Waals surface area contributed by atoms with Crippen LogP contribution < -0.4 is 19.5 Å². The van der Waals surface area contributed by atoms with Crippen LogP contribution in [0, 0.1) is 0 Å². The molecule has 1 N–H and O–H groups in total. The Morgan fingerprint density at radius 3 is 2.14 bits per heavy atom. The third-order valence-corrected chi connectivity index (χ3v) is 4.75. The third-order valence-electron chi connectivity index (χ3n) is 4.39. The Balaban J connectivity index is 1.62. The Kier molecular flexibility index (Phi) is 7.18. The van der Waals surface area contributed by atoms with Gasteiger partial charge in [0.2, 0.25) is 0 Å². The molecule has 28 heavy (non-hydrogen) atoms. The molecule has 0 aliphatic carbocycles. The second-order valence-electron chi connectivity index (χ2n) is 6.28. The largest absolute Gasteiger partial charge is 0.493 e. The lowest BCUT2D eigenvalue weighted by Gasteiger charge is -2.14. The van der Waals surface area contributed by atoms with Gasteiger partial charge >= 0.3 is 0 Å². The van der Waals surface area contributed by atoms with Crippen molar-refractivity contribution >= 4 is 11.6 Å². The van der Waals surface area contributed by atoms with Gasteiger partial charge in [-0.05, 0) is 23.3 Å². The Labute approximate surface area is 171 Å². The van der Waals surface area contributed by atoms with Gasteiger partial charge in [-0.15, -0.1) is 0 Å². The molecule has 3 aromatic carbocycles. The first-order chi connectivity index (χ1) is 13.7. The topological polar surface area (TPSA) is 39.7 Å². The SMILES string of the molecule is COc1cc(Cl)c(CNCc2ccccc2OCc2ccccc2)cc1OC. The Hall–Kier alpha value is -2.69. The van der Waals surface area contributed by atoms with Gasteiger partial charge < -0.3 is 19.5 Å². The van der Waals surface area contributed by atoms with Gasteiger partial charge in [0.05, 0.1) is 14.2 Å². The van der Waals surface area contributed by atoms with E-state index in [1.807, 2.05) is 42.5 Å². The molecule has 0 radical (unpaired) electrons. The lowest BCUT2D eigenvalue weighted by molar-refractivity contribution is 0.302. The maximum absolute atomic E-state index is 6.37. The van der Waals surface area contributed by atoms with Crippen LogP contribution in [0.1, 0.15) is 16.7 Å². The number of methoxy groups -OCH3 is 2. The fourth-order valence-electron chi connectivity index (χ4n) is 2.89. The number of rotatable bonds is 9. The van der Waals surface area contributed by atoms with Crippen molar-refractivity contribution in [2.24, 2.45) is 0 Å². The minimum atomic E-state index is 0.541. The van der Waals surface area contributed by atoms with E-state index in [0.717, 1.165) is 22.4 Å². The highest BCUT2D eigenvalue weighted by atomic mass is 35.5. The van der Waals surface area contributed by atoms with Crippen LogP contribution in [0.4, 0.5) is 0 Å². The Morgan fingerprint density at radius 2 is 1.39 bits per heavy atom. The molecule has 0 fully saturated rings. The summed E-state index contributed by atoms with van der Waals surface area (Å²) in [6.07, 6.45) is 0. The van der Waals surface area contributed by atoms with Gasteiger partial charge in [0.15, 0.2) is 11.5 Å². The average Bonchev–Trinajstić information content (AvgIpc) is 2.74. The van der Waals surface area contributed by atoms with Crippen LogP contribution in [0.15, 0.2) is 66.7 Å². The number of nitrogens with one attached hydrogen (secondary N) is 1. The van der Waals surface area contributed by atoms with Crippen molar-refractivity contribution in [1.29, 1.82) is 0 Å². The van der Waals surface area contributed by atoms with E-state index in [4.69, 9.17) is 25.8 Å². The molecule has 0 saturated carbocycles. The van der Waals surface area contributed by atoms with Gasteiger partial charge in [0, 0.05) is 29.7 Å². The quantitative estimate of drug-likeness (QED) is 0.537. The molecule has 3 aromatic rings. The molecule has 5 heteroatoms. The van der Waals surface area contributed by atoms with Crippen molar-refractivity contribution in [3.05, 3.63) is 88.4 Å². The first kappa shape index (κ1) is 20.1. The molecule has 0 amide bonds. The molecular formula is C23H24ClNO3. The van der Waals surface area contributed by atoms with E-state index in [-0.39, 0.29) is 0 Å². The van der Waals surface area contributed by atoms with Crippen molar-refractivity contribution in [3.8, 4) is 17.2 Å². The van der Waals surface area contributed by atoms with Crippen LogP contribution in [0.2, 0.25) is 5.02 Å². The number of para-hydroxylation sites is 1. The van der Waals surface area contributed by atoms with Gasteiger partial charge in [-0.2, -0.15) is 0 Å². The summed E-state index contributed by atoms with van der Waals surface area (Å²) < 4.78 is 16.7. The predicted octanol–water partition coefficient (Wildman–Crippen LogP) is 5.23. The van der Waals surface area contributed by atoms with Gasteiger partial charge in [-0.1, -0.05) is 60.1 Å². The van der Waals surface area contributed by atoms with E-state index in [1.54, 1.807) is 20.3 Å². The third kappa shape index (κ3) is 5.18. The van der Waals surface area contributed by atoms with E-state index in [9.17, 15) is 0 Å². The molecule has 3 rings (SSSR count). The van der Waals surface area contributed by atoms with Crippen LogP contribution in [0.3, 0.4) is 0 Å². The van der Waals surface area contributed by atoms with E-state index in [1.165, 1.54) is 0 Å². The molecule has 0 unspecified atom stereocenters. The molecule has 0 bridgehead atoms. The van der Waals surface area contributed by atoms with E-state index < -0.39 is 0 Å². The summed E-state index contributed by atoms with van der Waals surface area (Å²) >= 11 is 6.37. The van der Waals surface area contributed by atoms with Crippen LogP contribution in [-0.2, 0) is 19.7 Å². The van der Waals surface area contributed by atoms with Gasteiger partial charge in [-0.25, -0.2) is 0 Å². The van der Waals surface area contributed by atoms with Crippen LogP contribution in [-0.4, -0.2) is 14.2 Å². The number of ether oxygens (including phenoxy) is 3. The van der Waals surface area contributed by atoms with Gasteiger partial charge in [0.25, 0.3) is 0 Å². The second-order valence-corrected chi connectivity index (χ2v) is 6.69. The van der Waals surface area contributed by atoms with Crippen molar-refractivity contribution in [2.45, 2.75) is 19.7 Å². The molecule has 0 heterocycles. The first-order valence-corrected chi connectivity index (χ1v) is 9.44. The molecule has 0 atom stereocenters. The zero-order valence-corrected chi connectivity index (χ0v) is 16.8. The summed E-state index contributed by atoms with van der Waals surface area (Å²) in [5, 5.41) is 4.06. The molecule has 146 valence electrons. The molecule has 0 aliphatic rings. The summed E-state index contributed by atoms with van der Waals surface area (Å²) in [4.78, 5) is 0. The van der Waals surface area contributed by atoms with Crippen molar-refractivity contribution < 1.29 is 14.2 Å². The van der Waals surface area contributed by atoms with E-state index >= 15 is 0 Å². The molecule has 4 nitrogen and oxygen atoms in total. The minimum Gasteiger partial charge on any atom is -0.493 e. The van der Waals surface area contributed by atoms with Gasteiger partial charge in [-0.3, -0.25) is 0 Å². The summed E-state index contributed by atoms with van der Waals surface area (Å²) in [7, 11) is 3.21. The monoisotopic (exact) mass is 397 g/mol. The number of hydrogen-bond donors (Lipinski definition) is 1. The standard InChI is InChI=1S/C23H24ClNO3/c1-26-22-12-19(20(24)13-23(22)27-2)15-25-14-18-10-6-7-11-21(18)28-16-17-8-4-3-5-9-17/h3-13,25H,14-16H2,1-2H3. The van der Waals surface area contributed by atoms with Gasteiger partial charge in [0.1, 0.15) is 12.4 Å². The second kappa shape index (κ2) is 10.0. The summed E-state index contributed by atoms with van der Waals surface area (Å²) in [5.74, 6) is 2.16. The number of hydrogen-bond acceptors (Lipinski definition) is 4. The Morgan fingerprint density at radius 1 is 0.750 bits per heavy atom. The predicted molar refractivity (Wildman–Crippen MR) is 112 cm³/mol. The average molecular weight is 398 g/mol. The Bertz CT molecular complexity index is 900. The molecule has 0 aliphatic heterocycles. The molecule has 0 spiro atoms.